The molecule has 0 aliphatic carbocycles. The Labute approximate surface area is 177 Å². The molecule has 156 valence electrons. The minimum atomic E-state index is -0.739. The zero-order valence-corrected chi connectivity index (χ0v) is 17.1. The van der Waals surface area contributed by atoms with Crippen molar-refractivity contribution in [2.45, 2.75) is 13.0 Å². The molecule has 0 unspecified atom stereocenters. The van der Waals surface area contributed by atoms with Crippen molar-refractivity contribution >= 4 is 28.5 Å². The van der Waals surface area contributed by atoms with Gasteiger partial charge in [-0.05, 0) is 41.7 Å². The molecule has 0 aliphatic rings. The van der Waals surface area contributed by atoms with Gasteiger partial charge in [0.25, 0.3) is 5.91 Å². The summed E-state index contributed by atoms with van der Waals surface area (Å²) in [6, 6.07) is 10.7. The number of pyridine rings is 1. The van der Waals surface area contributed by atoms with Gasteiger partial charge < -0.3 is 20.5 Å². The van der Waals surface area contributed by atoms with E-state index in [-0.39, 0.29) is 23.1 Å². The Hall–Kier alpha value is -3.66. The predicted molar refractivity (Wildman–Crippen MR) is 113 cm³/mol. The minimum Gasteiger partial charge on any atom is -0.497 e. The molecule has 2 aromatic heterocycles. The van der Waals surface area contributed by atoms with Crippen LogP contribution >= 0.6 is 11.5 Å². The van der Waals surface area contributed by atoms with Crippen molar-refractivity contribution in [1.82, 2.24) is 14.7 Å². The van der Waals surface area contributed by atoms with Gasteiger partial charge in [-0.1, -0.05) is 18.2 Å². The Balaban J connectivity index is 1.56. The number of nitrogens with zero attached hydrogens (tertiary/aromatic N) is 2. The Kier molecular flexibility index (Phi) is 7.17. The van der Waals surface area contributed by atoms with Crippen LogP contribution in [0.5, 0.6) is 11.6 Å². The van der Waals surface area contributed by atoms with Gasteiger partial charge in [-0.2, -0.15) is 4.37 Å². The maximum Gasteiger partial charge on any atom is 0.319 e. The number of nitrogens with two attached hydrogens (primary N) is 1. The monoisotopic (exact) mass is 427 g/mol. The molecule has 0 saturated heterocycles. The lowest BCUT2D eigenvalue weighted by Gasteiger charge is -2.08. The number of primary amides is 1. The molecule has 30 heavy (non-hydrogen) atoms. The van der Waals surface area contributed by atoms with Crippen LogP contribution in [-0.4, -0.2) is 35.0 Å². The summed E-state index contributed by atoms with van der Waals surface area (Å²) in [6.45, 7) is 0.568. The first-order chi connectivity index (χ1) is 14.6. The highest BCUT2D eigenvalue weighted by atomic mass is 32.1. The molecule has 0 spiro atoms. The molecule has 9 nitrogen and oxygen atoms in total. The largest absolute Gasteiger partial charge is 0.497 e. The van der Waals surface area contributed by atoms with Crippen LogP contribution in [-0.2, 0) is 13.0 Å². The maximum atomic E-state index is 12.2. The number of ether oxygens (including phenoxy) is 2. The Morgan fingerprint density at radius 3 is 2.77 bits per heavy atom. The summed E-state index contributed by atoms with van der Waals surface area (Å²) < 4.78 is 14.9. The number of amides is 3. The summed E-state index contributed by atoms with van der Waals surface area (Å²) in [7, 11) is 1.60. The maximum absolute atomic E-state index is 12.2. The van der Waals surface area contributed by atoms with Gasteiger partial charge in [-0.25, -0.2) is 4.79 Å². The number of methoxy groups -OCH3 is 1. The third kappa shape index (κ3) is 5.67. The molecule has 0 radical (unpaired) electrons. The Bertz CT molecular complexity index is 1010. The molecular formula is C20H21N5O4S. The molecule has 0 atom stereocenters. The van der Waals surface area contributed by atoms with Crippen LogP contribution in [0, 0.1) is 0 Å². The van der Waals surface area contributed by atoms with Gasteiger partial charge in [0.2, 0.25) is 5.88 Å². The van der Waals surface area contributed by atoms with E-state index in [1.165, 1.54) is 0 Å². The normalized spacial score (nSPS) is 10.3. The molecule has 3 aromatic rings. The van der Waals surface area contributed by atoms with E-state index in [9.17, 15) is 9.59 Å². The number of aromatic nitrogens is 2. The molecule has 4 N–H and O–H groups in total. The van der Waals surface area contributed by atoms with Crippen molar-refractivity contribution in [1.29, 1.82) is 0 Å². The van der Waals surface area contributed by atoms with Gasteiger partial charge in [0.05, 0.1) is 7.11 Å². The molecule has 3 amide bonds. The van der Waals surface area contributed by atoms with Crippen LogP contribution in [0.1, 0.15) is 21.5 Å². The SMILES string of the molecule is COc1cccc(CCNC(=O)Nc2snc(OCc3cccnc3)c2C(N)=O)c1. The molecule has 0 aliphatic heterocycles. The Morgan fingerprint density at radius 2 is 2.03 bits per heavy atom. The lowest BCUT2D eigenvalue weighted by atomic mass is 10.1. The molecule has 2 heterocycles. The van der Waals surface area contributed by atoms with Gasteiger partial charge >= 0.3 is 6.03 Å². The van der Waals surface area contributed by atoms with Crippen molar-refractivity contribution in [2.75, 3.05) is 19.0 Å². The van der Waals surface area contributed by atoms with Crippen molar-refractivity contribution in [3.05, 3.63) is 65.5 Å². The second-order valence-electron chi connectivity index (χ2n) is 6.19. The van der Waals surface area contributed by atoms with Gasteiger partial charge in [0, 0.05) is 24.5 Å². The van der Waals surface area contributed by atoms with E-state index in [0.717, 1.165) is 28.4 Å². The van der Waals surface area contributed by atoms with E-state index in [0.29, 0.717) is 13.0 Å². The quantitative estimate of drug-likeness (QED) is 0.481. The summed E-state index contributed by atoms with van der Waals surface area (Å²) in [5.74, 6) is 0.0891. The molecule has 0 bridgehead atoms. The lowest BCUT2D eigenvalue weighted by Crippen LogP contribution is -2.31. The Morgan fingerprint density at radius 1 is 1.20 bits per heavy atom. The van der Waals surface area contributed by atoms with Crippen LogP contribution in [0.2, 0.25) is 0 Å². The first-order valence-electron chi connectivity index (χ1n) is 9.05. The van der Waals surface area contributed by atoms with Crippen LogP contribution < -0.4 is 25.8 Å². The number of rotatable bonds is 9. The second kappa shape index (κ2) is 10.2. The molecular weight excluding hydrogens is 406 g/mol. The van der Waals surface area contributed by atoms with Crippen molar-refractivity contribution in [3.8, 4) is 11.6 Å². The minimum absolute atomic E-state index is 0.0341. The smallest absolute Gasteiger partial charge is 0.319 e. The summed E-state index contributed by atoms with van der Waals surface area (Å²) in [5, 5.41) is 5.57. The fourth-order valence-electron chi connectivity index (χ4n) is 2.61. The average Bonchev–Trinajstić information content (AvgIpc) is 3.15. The standard InChI is InChI=1S/C20H21N5O4S/c1-28-15-6-2-4-13(10-15)7-9-23-20(27)24-19-16(17(21)26)18(25-30-19)29-12-14-5-3-8-22-11-14/h2-6,8,10-11H,7,9,12H2,1H3,(H2,21,26)(H2,23,24,27). The summed E-state index contributed by atoms with van der Waals surface area (Å²) in [4.78, 5) is 28.1. The third-order valence-electron chi connectivity index (χ3n) is 4.07. The number of carbonyl (C=O) groups excluding carboxylic acids is 2. The van der Waals surface area contributed by atoms with Crippen LogP contribution in [0.4, 0.5) is 9.80 Å². The number of hydrogen-bond donors (Lipinski definition) is 3. The van der Waals surface area contributed by atoms with Crippen molar-refractivity contribution in [2.24, 2.45) is 5.73 Å². The summed E-state index contributed by atoms with van der Waals surface area (Å²) in [6.07, 6.45) is 3.91. The highest BCUT2D eigenvalue weighted by Gasteiger charge is 2.22. The van der Waals surface area contributed by atoms with Gasteiger partial charge in [-0.15, -0.1) is 0 Å². The van der Waals surface area contributed by atoms with E-state index >= 15 is 0 Å². The first-order valence-corrected chi connectivity index (χ1v) is 9.83. The zero-order valence-electron chi connectivity index (χ0n) is 16.3. The van der Waals surface area contributed by atoms with Crippen molar-refractivity contribution < 1.29 is 19.1 Å². The molecule has 1 aromatic carbocycles. The van der Waals surface area contributed by atoms with Crippen molar-refractivity contribution in [3.63, 3.8) is 0 Å². The third-order valence-corrected chi connectivity index (χ3v) is 4.81. The van der Waals surface area contributed by atoms with Gasteiger partial charge in [0.1, 0.15) is 22.9 Å². The second-order valence-corrected chi connectivity index (χ2v) is 6.96. The molecule has 0 fully saturated rings. The summed E-state index contributed by atoms with van der Waals surface area (Å²) >= 11 is 0.923. The van der Waals surface area contributed by atoms with E-state index in [1.807, 2.05) is 30.3 Å². The van der Waals surface area contributed by atoms with E-state index in [4.69, 9.17) is 15.2 Å². The number of anilines is 1. The number of carbonyl (C=O) groups is 2. The van der Waals surface area contributed by atoms with Gasteiger partial charge in [-0.3, -0.25) is 15.1 Å². The predicted octanol–water partition coefficient (Wildman–Crippen LogP) is 2.59. The van der Waals surface area contributed by atoms with E-state index in [1.54, 1.807) is 25.6 Å². The first kappa shape index (κ1) is 21.1. The number of nitrogens with one attached hydrogen (secondary N) is 2. The topological polar surface area (TPSA) is 128 Å². The fourth-order valence-corrected chi connectivity index (χ4v) is 3.34. The number of urea groups is 1. The molecule has 0 saturated carbocycles. The molecule has 10 heteroatoms. The van der Waals surface area contributed by atoms with E-state index < -0.39 is 11.9 Å². The number of hydrogen-bond acceptors (Lipinski definition) is 7. The van der Waals surface area contributed by atoms with Gasteiger partial charge in [0.15, 0.2) is 0 Å². The van der Waals surface area contributed by atoms with Crippen LogP contribution in [0.15, 0.2) is 48.8 Å². The highest BCUT2D eigenvalue weighted by molar-refractivity contribution is 7.11. The fraction of sp³-hybridized carbons (Fsp3) is 0.200. The number of benzene rings is 1. The molecule has 3 rings (SSSR count). The van der Waals surface area contributed by atoms with Crippen LogP contribution in [0.3, 0.4) is 0 Å². The average molecular weight is 427 g/mol. The lowest BCUT2D eigenvalue weighted by molar-refractivity contribution is 0.0996. The zero-order chi connectivity index (χ0) is 21.3. The van der Waals surface area contributed by atoms with E-state index in [2.05, 4.69) is 20.0 Å². The van der Waals surface area contributed by atoms with Crippen LogP contribution in [0.25, 0.3) is 0 Å². The highest BCUT2D eigenvalue weighted by Crippen LogP contribution is 2.30. The summed E-state index contributed by atoms with van der Waals surface area (Å²) in [5.41, 5.74) is 7.33.